The van der Waals surface area contributed by atoms with E-state index < -0.39 is 5.60 Å². The molecule has 5 heteroatoms. The van der Waals surface area contributed by atoms with Crippen LogP contribution in [-0.4, -0.2) is 32.6 Å². The van der Waals surface area contributed by atoms with E-state index in [1.165, 1.54) is 24.3 Å². The highest BCUT2D eigenvalue weighted by Gasteiger charge is 2.40. The Balaban J connectivity index is 2.14. The van der Waals surface area contributed by atoms with E-state index in [-0.39, 0.29) is 23.9 Å². The molecule has 0 spiro atoms. The Morgan fingerprint density at radius 2 is 1.76 bits per heavy atom. The van der Waals surface area contributed by atoms with Crippen LogP contribution in [0.1, 0.15) is 5.56 Å². The lowest BCUT2D eigenvalue weighted by Crippen LogP contribution is -2.38. The van der Waals surface area contributed by atoms with Crippen molar-refractivity contribution < 1.29 is 25.2 Å². The zero-order valence-electron chi connectivity index (χ0n) is 10.9. The van der Waals surface area contributed by atoms with Crippen LogP contribution in [0, 0.1) is 0 Å². The summed E-state index contributed by atoms with van der Waals surface area (Å²) >= 11 is 0. The van der Waals surface area contributed by atoms with Crippen molar-refractivity contribution in [3.63, 3.8) is 0 Å². The molecule has 0 aromatic heterocycles. The van der Waals surface area contributed by atoms with Gasteiger partial charge in [0.1, 0.15) is 23.7 Å². The van der Waals surface area contributed by atoms with Gasteiger partial charge in [0.05, 0.1) is 0 Å². The van der Waals surface area contributed by atoms with Gasteiger partial charge in [-0.25, -0.2) is 0 Å². The minimum Gasteiger partial charge on any atom is -0.508 e. The van der Waals surface area contributed by atoms with Gasteiger partial charge in [-0.15, -0.1) is 0 Å². The number of rotatable bonds is 0. The molecule has 1 heterocycles. The van der Waals surface area contributed by atoms with Crippen LogP contribution in [-0.2, 0) is 0 Å². The van der Waals surface area contributed by atoms with Gasteiger partial charge in [0.25, 0.3) is 0 Å². The van der Waals surface area contributed by atoms with Gasteiger partial charge in [0, 0.05) is 17.2 Å². The molecular weight excluding hydrogens is 272 g/mol. The highest BCUT2D eigenvalue weighted by molar-refractivity contribution is 5.86. The van der Waals surface area contributed by atoms with Crippen molar-refractivity contribution in [2.24, 2.45) is 0 Å². The molecule has 1 unspecified atom stereocenters. The first-order valence-corrected chi connectivity index (χ1v) is 6.46. The molecule has 0 bridgehead atoms. The molecule has 2 aromatic carbocycles. The normalized spacial score (nSPS) is 21.9. The van der Waals surface area contributed by atoms with E-state index >= 15 is 0 Å². The highest BCUT2D eigenvalue weighted by Crippen LogP contribution is 2.41. The topological polar surface area (TPSA) is 90.2 Å². The summed E-state index contributed by atoms with van der Waals surface area (Å²) in [6.45, 7) is 0.00892. The zero-order chi connectivity index (χ0) is 14.8. The lowest BCUT2D eigenvalue weighted by atomic mass is 9.88. The standard InChI is InChI=1S/C16H12O5/c17-9-1-2-10-14(4-9)21-7-16(20)6-8-3-12(18)13(19)5-11(8)15(10)16/h1-6,17-20H,7H2. The van der Waals surface area contributed by atoms with Gasteiger partial charge in [-0.05, 0) is 40.8 Å². The van der Waals surface area contributed by atoms with E-state index in [2.05, 4.69) is 0 Å². The maximum atomic E-state index is 10.8. The number of phenols is 3. The monoisotopic (exact) mass is 284 g/mol. The molecular formula is C16H12O5. The fourth-order valence-corrected chi connectivity index (χ4v) is 3.01. The zero-order valence-corrected chi connectivity index (χ0v) is 10.9. The van der Waals surface area contributed by atoms with Crippen molar-refractivity contribution in [3.05, 3.63) is 46.3 Å². The van der Waals surface area contributed by atoms with Crippen LogP contribution < -0.4 is 15.2 Å². The Kier molecular flexibility index (Phi) is 2.14. The van der Waals surface area contributed by atoms with Crippen molar-refractivity contribution >= 4 is 11.6 Å². The van der Waals surface area contributed by atoms with Crippen LogP contribution in [0.4, 0.5) is 0 Å². The fourth-order valence-electron chi connectivity index (χ4n) is 3.01. The number of aliphatic hydroxyl groups is 1. The number of fused-ring (bicyclic) bond motifs is 4. The van der Waals surface area contributed by atoms with Crippen LogP contribution in [0.5, 0.6) is 23.0 Å². The minimum atomic E-state index is -1.31. The third-order valence-corrected chi connectivity index (χ3v) is 3.93. The van der Waals surface area contributed by atoms with Crippen LogP contribution in [0.15, 0.2) is 30.3 Å². The molecule has 0 amide bonds. The van der Waals surface area contributed by atoms with E-state index in [4.69, 9.17) is 4.74 Å². The Hall–Kier alpha value is -2.66. The van der Waals surface area contributed by atoms with Crippen molar-refractivity contribution in [3.8, 4) is 23.0 Å². The summed E-state index contributed by atoms with van der Waals surface area (Å²) in [5, 5.41) is 40.9. The average Bonchev–Trinajstić information content (AvgIpc) is 2.71. The van der Waals surface area contributed by atoms with Crippen LogP contribution in [0.2, 0.25) is 0 Å². The number of ether oxygens (including phenoxy) is 1. The van der Waals surface area contributed by atoms with Gasteiger partial charge in [0.2, 0.25) is 0 Å². The van der Waals surface area contributed by atoms with Crippen molar-refractivity contribution in [1.29, 1.82) is 0 Å². The molecule has 5 nitrogen and oxygen atoms in total. The van der Waals surface area contributed by atoms with E-state index in [9.17, 15) is 20.4 Å². The van der Waals surface area contributed by atoms with E-state index in [1.54, 1.807) is 12.1 Å². The Morgan fingerprint density at radius 3 is 2.57 bits per heavy atom. The molecule has 4 N–H and O–H groups in total. The first-order chi connectivity index (χ1) is 9.98. The summed E-state index contributed by atoms with van der Waals surface area (Å²) < 4.78 is 5.53. The third kappa shape index (κ3) is 1.55. The maximum Gasteiger partial charge on any atom is 0.158 e. The lowest BCUT2D eigenvalue weighted by molar-refractivity contribution is 0.0932. The summed E-state index contributed by atoms with van der Waals surface area (Å²) in [4.78, 5) is 0. The molecule has 0 radical (unpaired) electrons. The second-order valence-corrected chi connectivity index (χ2v) is 5.34. The number of hydrogen-bond donors (Lipinski definition) is 4. The number of aromatic hydroxyl groups is 3. The van der Waals surface area contributed by atoms with E-state index in [0.717, 1.165) is 0 Å². The first-order valence-electron chi connectivity index (χ1n) is 6.46. The molecule has 1 atom stereocenters. The van der Waals surface area contributed by atoms with Crippen LogP contribution in [0.25, 0.3) is 11.6 Å². The smallest absolute Gasteiger partial charge is 0.158 e. The second-order valence-electron chi connectivity index (χ2n) is 5.34. The Labute approximate surface area is 119 Å². The number of phenolic OH excluding ortho intramolecular Hbond substituents is 3. The Bertz CT molecular complexity index is 900. The summed E-state index contributed by atoms with van der Waals surface area (Å²) in [5.41, 5.74) is -0.0531. The van der Waals surface area contributed by atoms with E-state index in [1.807, 2.05) is 0 Å². The third-order valence-electron chi connectivity index (χ3n) is 3.93. The first kappa shape index (κ1) is 12.1. The molecule has 2 aliphatic rings. The fraction of sp³-hybridized carbons (Fsp3) is 0.125. The second kappa shape index (κ2) is 3.71. The van der Waals surface area contributed by atoms with Crippen molar-refractivity contribution in [2.75, 3.05) is 6.61 Å². The quantitative estimate of drug-likeness (QED) is 0.508. The van der Waals surface area contributed by atoms with Gasteiger partial charge >= 0.3 is 0 Å². The molecule has 21 heavy (non-hydrogen) atoms. The molecule has 1 aliphatic heterocycles. The van der Waals surface area contributed by atoms with Gasteiger partial charge < -0.3 is 25.2 Å². The average molecular weight is 284 g/mol. The van der Waals surface area contributed by atoms with E-state index in [0.29, 0.717) is 27.3 Å². The molecule has 2 aromatic rings. The SMILES string of the molecule is Oc1ccc2c(c1)OCC1(O)C=c3cc(O)c(O)cc3=C21. The molecule has 4 rings (SSSR count). The van der Waals surface area contributed by atoms with Crippen molar-refractivity contribution in [2.45, 2.75) is 5.60 Å². The minimum absolute atomic E-state index is 0.00892. The predicted molar refractivity (Wildman–Crippen MR) is 74.5 cm³/mol. The van der Waals surface area contributed by atoms with Gasteiger partial charge in [-0.3, -0.25) is 0 Å². The lowest BCUT2D eigenvalue weighted by Gasteiger charge is -2.32. The maximum absolute atomic E-state index is 10.8. The van der Waals surface area contributed by atoms with Crippen LogP contribution >= 0.6 is 0 Å². The Morgan fingerprint density at radius 1 is 1.00 bits per heavy atom. The van der Waals surface area contributed by atoms with Gasteiger partial charge in [-0.2, -0.15) is 0 Å². The summed E-state index contributed by atoms with van der Waals surface area (Å²) in [7, 11) is 0. The largest absolute Gasteiger partial charge is 0.508 e. The van der Waals surface area contributed by atoms with Crippen molar-refractivity contribution in [1.82, 2.24) is 0 Å². The van der Waals surface area contributed by atoms with Gasteiger partial charge in [-0.1, -0.05) is 0 Å². The summed E-state index contributed by atoms with van der Waals surface area (Å²) in [6.07, 6.45) is 1.60. The highest BCUT2D eigenvalue weighted by atomic mass is 16.5. The summed E-state index contributed by atoms with van der Waals surface area (Å²) in [6, 6.07) is 7.50. The number of benzene rings is 2. The molecule has 0 saturated heterocycles. The molecule has 106 valence electrons. The predicted octanol–water partition coefficient (Wildman–Crippen LogP) is -0.0800. The molecule has 1 aliphatic carbocycles. The summed E-state index contributed by atoms with van der Waals surface area (Å²) in [5.74, 6) is 0.0736. The molecule has 0 fully saturated rings. The van der Waals surface area contributed by atoms with Crippen LogP contribution in [0.3, 0.4) is 0 Å². The van der Waals surface area contributed by atoms with Gasteiger partial charge in [0.15, 0.2) is 11.5 Å². The number of hydrogen-bond acceptors (Lipinski definition) is 5. The molecule has 0 saturated carbocycles.